The van der Waals surface area contributed by atoms with Gasteiger partial charge in [0.05, 0.1) is 6.42 Å². The zero-order chi connectivity index (χ0) is 11.4. The van der Waals surface area contributed by atoms with Crippen LogP contribution in [0.1, 0.15) is 17.3 Å². The first-order chi connectivity index (χ1) is 7.79. The fourth-order valence-electron chi connectivity index (χ4n) is 1.39. The van der Waals surface area contributed by atoms with Crippen LogP contribution in [0.2, 0.25) is 0 Å². The molecule has 2 aromatic rings. The fraction of sp³-hybridized carbons (Fsp3) is 0.273. The van der Waals surface area contributed by atoms with Gasteiger partial charge >= 0.3 is 0 Å². The highest BCUT2D eigenvalue weighted by Gasteiger charge is 2.08. The molecule has 4 nitrogen and oxygen atoms in total. The molecule has 0 aliphatic rings. The van der Waals surface area contributed by atoms with E-state index in [2.05, 4.69) is 10.2 Å². The van der Waals surface area contributed by atoms with E-state index in [0.717, 1.165) is 0 Å². The van der Waals surface area contributed by atoms with Crippen LogP contribution in [0.15, 0.2) is 28.7 Å². The van der Waals surface area contributed by atoms with Crippen molar-refractivity contribution in [2.45, 2.75) is 12.8 Å². The lowest BCUT2D eigenvalue weighted by Gasteiger charge is -1.97. The monoisotopic (exact) mass is 221 g/mol. The standard InChI is InChI=1S/C11H12FN3O/c12-9-4-2-1-3-8(9)7-11-15-14-10(16-11)5-6-13/h1-4H,5-7,13H2. The molecule has 84 valence electrons. The van der Waals surface area contributed by atoms with Gasteiger partial charge in [0.1, 0.15) is 5.82 Å². The van der Waals surface area contributed by atoms with Gasteiger partial charge in [0, 0.05) is 13.0 Å². The lowest BCUT2D eigenvalue weighted by atomic mass is 10.1. The molecule has 0 aliphatic heterocycles. The Bertz CT molecular complexity index is 470. The first kappa shape index (κ1) is 10.8. The van der Waals surface area contributed by atoms with Gasteiger partial charge in [0.2, 0.25) is 11.8 Å². The second-order valence-corrected chi connectivity index (χ2v) is 3.40. The van der Waals surface area contributed by atoms with Gasteiger partial charge in [-0.05, 0) is 11.6 Å². The van der Waals surface area contributed by atoms with Crippen LogP contribution in [0.3, 0.4) is 0 Å². The van der Waals surface area contributed by atoms with Crippen molar-refractivity contribution in [3.05, 3.63) is 47.4 Å². The Kier molecular flexibility index (Phi) is 3.26. The molecule has 5 heteroatoms. The molecule has 2 N–H and O–H groups in total. The van der Waals surface area contributed by atoms with Gasteiger partial charge in [0.25, 0.3) is 0 Å². The van der Waals surface area contributed by atoms with E-state index in [4.69, 9.17) is 10.2 Å². The minimum atomic E-state index is -0.263. The topological polar surface area (TPSA) is 64.9 Å². The Morgan fingerprint density at radius 3 is 2.69 bits per heavy atom. The summed E-state index contributed by atoms with van der Waals surface area (Å²) in [6.07, 6.45) is 0.856. The van der Waals surface area contributed by atoms with Crippen molar-refractivity contribution in [1.82, 2.24) is 10.2 Å². The number of nitrogens with two attached hydrogens (primary N) is 1. The number of hydrogen-bond donors (Lipinski definition) is 1. The Hall–Kier alpha value is -1.75. The normalized spacial score (nSPS) is 10.6. The van der Waals surface area contributed by atoms with Crippen LogP contribution in [0.25, 0.3) is 0 Å². The van der Waals surface area contributed by atoms with Gasteiger partial charge in [-0.15, -0.1) is 10.2 Å². The maximum atomic E-state index is 13.3. The third-order valence-electron chi connectivity index (χ3n) is 2.17. The predicted octanol–water partition coefficient (Wildman–Crippen LogP) is 1.30. The van der Waals surface area contributed by atoms with Crippen molar-refractivity contribution < 1.29 is 8.81 Å². The maximum Gasteiger partial charge on any atom is 0.221 e. The number of halogens is 1. The van der Waals surface area contributed by atoms with Crippen molar-refractivity contribution in [2.75, 3.05) is 6.54 Å². The summed E-state index contributed by atoms with van der Waals surface area (Å²) in [6.45, 7) is 0.460. The molecule has 0 unspecified atom stereocenters. The average Bonchev–Trinajstić information content (AvgIpc) is 2.70. The molecule has 0 saturated heterocycles. The van der Waals surface area contributed by atoms with Crippen LogP contribution in [-0.4, -0.2) is 16.7 Å². The number of hydrogen-bond acceptors (Lipinski definition) is 4. The molecular weight excluding hydrogens is 209 g/mol. The summed E-state index contributed by atoms with van der Waals surface area (Å²) in [5.41, 5.74) is 5.91. The van der Waals surface area contributed by atoms with E-state index in [1.807, 2.05) is 0 Å². The molecule has 0 fully saturated rings. The third kappa shape index (κ3) is 2.43. The fourth-order valence-corrected chi connectivity index (χ4v) is 1.39. The van der Waals surface area contributed by atoms with Crippen LogP contribution in [-0.2, 0) is 12.8 Å². The van der Waals surface area contributed by atoms with Gasteiger partial charge < -0.3 is 10.2 Å². The third-order valence-corrected chi connectivity index (χ3v) is 2.17. The van der Waals surface area contributed by atoms with Crippen LogP contribution >= 0.6 is 0 Å². The largest absolute Gasteiger partial charge is 0.425 e. The van der Waals surface area contributed by atoms with Crippen molar-refractivity contribution in [1.29, 1.82) is 0 Å². The highest BCUT2D eigenvalue weighted by Crippen LogP contribution is 2.12. The lowest BCUT2D eigenvalue weighted by molar-refractivity contribution is 0.456. The van der Waals surface area contributed by atoms with E-state index in [-0.39, 0.29) is 5.82 Å². The molecule has 16 heavy (non-hydrogen) atoms. The van der Waals surface area contributed by atoms with E-state index in [1.165, 1.54) is 6.07 Å². The van der Waals surface area contributed by atoms with Crippen molar-refractivity contribution in [2.24, 2.45) is 5.73 Å². The minimum absolute atomic E-state index is 0.263. The van der Waals surface area contributed by atoms with Crippen LogP contribution < -0.4 is 5.73 Å². The summed E-state index contributed by atoms with van der Waals surface area (Å²) in [5, 5.41) is 7.64. The Morgan fingerprint density at radius 2 is 1.94 bits per heavy atom. The van der Waals surface area contributed by atoms with E-state index in [0.29, 0.717) is 36.7 Å². The average molecular weight is 221 g/mol. The van der Waals surface area contributed by atoms with Gasteiger partial charge in [-0.25, -0.2) is 4.39 Å². The highest BCUT2D eigenvalue weighted by atomic mass is 19.1. The molecule has 1 aromatic carbocycles. The van der Waals surface area contributed by atoms with Crippen molar-refractivity contribution in [3.8, 4) is 0 Å². The number of aromatic nitrogens is 2. The smallest absolute Gasteiger partial charge is 0.221 e. The van der Waals surface area contributed by atoms with Crippen molar-refractivity contribution >= 4 is 0 Å². The van der Waals surface area contributed by atoms with Gasteiger partial charge in [-0.2, -0.15) is 0 Å². The zero-order valence-corrected chi connectivity index (χ0v) is 8.69. The number of benzene rings is 1. The summed E-state index contributed by atoms with van der Waals surface area (Å²) in [5.74, 6) is 0.642. The molecular formula is C11H12FN3O. The molecule has 0 bridgehead atoms. The molecule has 2 rings (SSSR count). The van der Waals surface area contributed by atoms with Crippen LogP contribution in [0.4, 0.5) is 4.39 Å². The van der Waals surface area contributed by atoms with Gasteiger partial charge in [-0.1, -0.05) is 18.2 Å². The first-order valence-electron chi connectivity index (χ1n) is 5.04. The molecule has 0 spiro atoms. The highest BCUT2D eigenvalue weighted by molar-refractivity contribution is 5.20. The molecule has 0 amide bonds. The van der Waals surface area contributed by atoms with E-state index in [1.54, 1.807) is 18.2 Å². The Morgan fingerprint density at radius 1 is 1.19 bits per heavy atom. The first-order valence-corrected chi connectivity index (χ1v) is 5.04. The van der Waals surface area contributed by atoms with E-state index >= 15 is 0 Å². The van der Waals surface area contributed by atoms with Gasteiger partial charge in [-0.3, -0.25) is 0 Å². The van der Waals surface area contributed by atoms with Gasteiger partial charge in [0.15, 0.2) is 0 Å². The summed E-state index contributed by atoms with van der Waals surface area (Å²) >= 11 is 0. The molecule has 0 atom stereocenters. The Balaban J connectivity index is 2.11. The number of nitrogens with zero attached hydrogens (tertiary/aromatic N) is 2. The predicted molar refractivity (Wildman–Crippen MR) is 56.3 cm³/mol. The SMILES string of the molecule is NCCc1nnc(Cc2ccccc2F)o1. The zero-order valence-electron chi connectivity index (χ0n) is 8.69. The maximum absolute atomic E-state index is 13.3. The van der Waals surface area contributed by atoms with Crippen LogP contribution in [0.5, 0.6) is 0 Å². The summed E-state index contributed by atoms with van der Waals surface area (Å²) in [6, 6.07) is 6.52. The molecule has 1 aromatic heterocycles. The van der Waals surface area contributed by atoms with Crippen LogP contribution in [0, 0.1) is 5.82 Å². The molecule has 1 heterocycles. The second-order valence-electron chi connectivity index (χ2n) is 3.40. The Labute approximate surface area is 92.3 Å². The lowest BCUT2D eigenvalue weighted by Crippen LogP contribution is -2.02. The molecule has 0 aliphatic carbocycles. The number of rotatable bonds is 4. The van der Waals surface area contributed by atoms with Crippen molar-refractivity contribution in [3.63, 3.8) is 0 Å². The minimum Gasteiger partial charge on any atom is -0.425 e. The molecule has 0 saturated carbocycles. The van der Waals surface area contributed by atoms with E-state index in [9.17, 15) is 4.39 Å². The summed E-state index contributed by atoms with van der Waals surface area (Å²) in [7, 11) is 0. The summed E-state index contributed by atoms with van der Waals surface area (Å²) in [4.78, 5) is 0. The second kappa shape index (κ2) is 4.85. The van der Waals surface area contributed by atoms with E-state index < -0.39 is 0 Å². The quantitative estimate of drug-likeness (QED) is 0.845. The summed E-state index contributed by atoms with van der Waals surface area (Å²) < 4.78 is 18.6. The molecule has 0 radical (unpaired) electrons.